The van der Waals surface area contributed by atoms with Gasteiger partial charge in [0.05, 0.1) is 35.9 Å². The second kappa shape index (κ2) is 13.4. The lowest BCUT2D eigenvalue weighted by Gasteiger charge is -2.36. The molecule has 0 saturated carbocycles. The zero-order chi connectivity index (χ0) is 35.8. The molecular weight excluding hydrogens is 658 g/mol. The van der Waals surface area contributed by atoms with E-state index in [1.807, 2.05) is 6.07 Å². The van der Waals surface area contributed by atoms with E-state index in [1.165, 1.54) is 46.0 Å². The molecule has 13 nitrogen and oxygen atoms in total. The minimum atomic E-state index is -4.10. The number of amides is 1. The first-order valence-corrected chi connectivity index (χ1v) is 17.3. The Balaban J connectivity index is 1.50. The van der Waals surface area contributed by atoms with Crippen molar-refractivity contribution in [3.05, 3.63) is 70.4 Å². The Labute approximate surface area is 282 Å². The molecule has 1 saturated heterocycles. The fourth-order valence-electron chi connectivity index (χ4n) is 5.59. The van der Waals surface area contributed by atoms with Crippen molar-refractivity contribution < 1.29 is 26.7 Å². The van der Waals surface area contributed by atoms with Gasteiger partial charge in [-0.3, -0.25) is 9.36 Å². The summed E-state index contributed by atoms with van der Waals surface area (Å²) in [7, 11) is -4.10. The number of anilines is 3. The maximum Gasteiger partial charge on any atom is 0.410 e. The summed E-state index contributed by atoms with van der Waals surface area (Å²) in [5, 5.41) is 12.6. The standard InChI is InChI=1S/C33H36F2N8O5S/c1-19(2)42-29-25(16-37-31(40-29)38-23-14-22(34)17-41(18-23)32(45)48-33(3,4)5)39-28(30(42)44)20-11-12-27(24(35)13-20)43(49(6,46)47)26-10-8-7-9-21(26)15-36/h7-13,16,19,22-23H,14,17-18H2,1-6H3,(H,37,38,40)/t22-,23-/m0/s1. The molecule has 2 aromatic heterocycles. The summed E-state index contributed by atoms with van der Waals surface area (Å²) in [6.07, 6.45) is 0.421. The van der Waals surface area contributed by atoms with Crippen LogP contribution in [0.5, 0.6) is 0 Å². The molecule has 1 aliphatic heterocycles. The number of alkyl halides is 1. The Bertz CT molecular complexity index is 2130. The van der Waals surface area contributed by atoms with Crippen LogP contribution < -0.4 is 15.2 Å². The maximum absolute atomic E-state index is 15.8. The van der Waals surface area contributed by atoms with Crippen molar-refractivity contribution in [2.24, 2.45) is 0 Å². The summed E-state index contributed by atoms with van der Waals surface area (Å²) < 4.78 is 63.6. The molecule has 1 N–H and O–H groups in total. The molecule has 5 rings (SSSR count). The Morgan fingerprint density at radius 2 is 1.86 bits per heavy atom. The number of para-hydroxylation sites is 1. The predicted octanol–water partition coefficient (Wildman–Crippen LogP) is 5.30. The smallest absolute Gasteiger partial charge is 0.410 e. The molecule has 49 heavy (non-hydrogen) atoms. The van der Waals surface area contributed by atoms with Gasteiger partial charge in [-0.05, 0) is 58.9 Å². The summed E-state index contributed by atoms with van der Waals surface area (Å²) in [5.74, 6) is -0.879. The summed E-state index contributed by atoms with van der Waals surface area (Å²) >= 11 is 0. The van der Waals surface area contributed by atoms with E-state index in [0.717, 1.165) is 16.6 Å². The molecule has 3 heterocycles. The van der Waals surface area contributed by atoms with Gasteiger partial charge in [0, 0.05) is 30.6 Å². The number of hydrogen-bond acceptors (Lipinski definition) is 10. The Morgan fingerprint density at radius 3 is 2.49 bits per heavy atom. The molecule has 1 fully saturated rings. The molecule has 16 heteroatoms. The molecular formula is C33H36F2N8O5S. The Kier molecular flexibility index (Phi) is 9.60. The highest BCUT2D eigenvalue weighted by Crippen LogP contribution is 2.35. The second-order valence-electron chi connectivity index (χ2n) is 13.0. The number of piperidine rings is 1. The molecule has 0 radical (unpaired) electrons. The van der Waals surface area contributed by atoms with E-state index >= 15 is 4.39 Å². The number of fused-ring (bicyclic) bond motifs is 1. The number of sulfonamides is 1. The van der Waals surface area contributed by atoms with Crippen molar-refractivity contribution in [1.29, 1.82) is 5.26 Å². The third-order valence-electron chi connectivity index (χ3n) is 7.55. The number of hydrogen-bond donors (Lipinski definition) is 1. The van der Waals surface area contributed by atoms with Gasteiger partial charge in [0.25, 0.3) is 5.56 Å². The fraction of sp³-hybridized carbons (Fsp3) is 0.394. The van der Waals surface area contributed by atoms with Crippen molar-refractivity contribution in [3.8, 4) is 17.3 Å². The summed E-state index contributed by atoms with van der Waals surface area (Å²) in [4.78, 5) is 41.0. The van der Waals surface area contributed by atoms with Gasteiger partial charge in [0.2, 0.25) is 16.0 Å². The van der Waals surface area contributed by atoms with E-state index in [1.54, 1.807) is 40.7 Å². The van der Waals surface area contributed by atoms with Crippen molar-refractivity contribution in [2.75, 3.05) is 29.0 Å². The van der Waals surface area contributed by atoms with Crippen LogP contribution in [-0.4, -0.2) is 76.1 Å². The van der Waals surface area contributed by atoms with Gasteiger partial charge in [-0.1, -0.05) is 18.2 Å². The largest absolute Gasteiger partial charge is 0.444 e. The molecule has 1 aliphatic rings. The average Bonchev–Trinajstić information content (AvgIpc) is 3.00. The lowest BCUT2D eigenvalue weighted by molar-refractivity contribution is 0.0124. The number of ether oxygens (including phenoxy) is 1. The number of nitriles is 1. The number of carbonyl (C=O) groups is 1. The number of nitrogens with one attached hydrogen (secondary N) is 1. The Morgan fingerprint density at radius 1 is 1.14 bits per heavy atom. The topological polar surface area (TPSA) is 163 Å². The molecule has 258 valence electrons. The van der Waals surface area contributed by atoms with Gasteiger partial charge in [0.1, 0.15) is 34.9 Å². The monoisotopic (exact) mass is 694 g/mol. The number of benzene rings is 2. The minimum absolute atomic E-state index is 0.0228. The third-order valence-corrected chi connectivity index (χ3v) is 8.60. The maximum atomic E-state index is 15.8. The van der Waals surface area contributed by atoms with Crippen LogP contribution in [0.2, 0.25) is 0 Å². The van der Waals surface area contributed by atoms with Crippen molar-refractivity contribution in [2.45, 2.75) is 64.9 Å². The van der Waals surface area contributed by atoms with E-state index in [0.29, 0.717) is 0 Å². The highest BCUT2D eigenvalue weighted by atomic mass is 32.2. The van der Waals surface area contributed by atoms with Crippen molar-refractivity contribution >= 4 is 44.6 Å². The first kappa shape index (κ1) is 35.1. The Hall–Kier alpha value is -5.17. The third kappa shape index (κ3) is 7.62. The van der Waals surface area contributed by atoms with E-state index in [4.69, 9.17) is 4.74 Å². The number of carbonyl (C=O) groups excluding carboxylic acids is 1. The highest BCUT2D eigenvalue weighted by molar-refractivity contribution is 7.92. The van der Waals surface area contributed by atoms with Crippen molar-refractivity contribution in [1.82, 2.24) is 24.4 Å². The quantitative estimate of drug-likeness (QED) is 0.269. The van der Waals surface area contributed by atoms with Crippen molar-refractivity contribution in [3.63, 3.8) is 0 Å². The molecule has 1 amide bonds. The molecule has 0 unspecified atom stereocenters. The highest BCUT2D eigenvalue weighted by Gasteiger charge is 2.33. The number of aromatic nitrogens is 4. The van der Waals surface area contributed by atoms with Crippen LogP contribution in [0.25, 0.3) is 22.4 Å². The average molecular weight is 695 g/mol. The van der Waals surface area contributed by atoms with Crippen LogP contribution in [0.4, 0.5) is 30.9 Å². The minimum Gasteiger partial charge on any atom is -0.444 e. The second-order valence-corrected chi connectivity index (χ2v) is 14.8. The van der Waals surface area contributed by atoms with E-state index in [9.17, 15) is 27.7 Å². The lowest BCUT2D eigenvalue weighted by atomic mass is 10.0. The first-order valence-electron chi connectivity index (χ1n) is 15.4. The summed E-state index contributed by atoms with van der Waals surface area (Å²) in [6, 6.07) is 10.4. The molecule has 4 aromatic rings. The van der Waals surface area contributed by atoms with E-state index in [2.05, 4.69) is 20.3 Å². The molecule has 2 atom stereocenters. The zero-order valence-corrected chi connectivity index (χ0v) is 28.6. The molecule has 0 aliphatic carbocycles. The summed E-state index contributed by atoms with van der Waals surface area (Å²) in [5.41, 5.74) is -1.36. The molecule has 2 aromatic carbocycles. The van der Waals surface area contributed by atoms with Crippen LogP contribution in [0.15, 0.2) is 53.5 Å². The van der Waals surface area contributed by atoms with Crippen LogP contribution in [0.3, 0.4) is 0 Å². The number of halogens is 2. The number of rotatable bonds is 7. The van der Waals surface area contributed by atoms with Gasteiger partial charge < -0.3 is 15.0 Å². The zero-order valence-electron chi connectivity index (χ0n) is 27.8. The molecule has 0 spiro atoms. The van der Waals surface area contributed by atoms with Gasteiger partial charge in [-0.25, -0.2) is 36.3 Å². The number of likely N-dealkylation sites (tertiary alicyclic amines) is 1. The van der Waals surface area contributed by atoms with Gasteiger partial charge in [0.15, 0.2) is 5.65 Å². The van der Waals surface area contributed by atoms with Crippen LogP contribution in [0, 0.1) is 17.1 Å². The number of nitrogens with zero attached hydrogens (tertiary/aromatic N) is 7. The normalized spacial score (nSPS) is 16.8. The molecule has 0 bridgehead atoms. The first-order chi connectivity index (χ1) is 23.0. The SMILES string of the molecule is CC(C)n1c(=O)c(-c2ccc(N(c3ccccc3C#N)S(C)(=O)=O)c(F)c2)nc2cnc(N[C@H]3C[C@H](F)CN(C(=O)OC(C)(C)C)C3)nc21. The van der Waals surface area contributed by atoms with Gasteiger partial charge >= 0.3 is 6.09 Å². The van der Waals surface area contributed by atoms with Crippen LogP contribution >= 0.6 is 0 Å². The van der Waals surface area contributed by atoms with Gasteiger partial charge in [-0.15, -0.1) is 0 Å². The van der Waals surface area contributed by atoms with E-state index in [-0.39, 0.29) is 64.8 Å². The van der Waals surface area contributed by atoms with Crippen LogP contribution in [0.1, 0.15) is 52.6 Å². The summed E-state index contributed by atoms with van der Waals surface area (Å²) in [6.45, 7) is 8.73. The predicted molar refractivity (Wildman–Crippen MR) is 180 cm³/mol. The van der Waals surface area contributed by atoms with E-state index < -0.39 is 51.3 Å². The fourth-order valence-corrected chi connectivity index (χ4v) is 6.61. The van der Waals surface area contributed by atoms with Crippen LogP contribution in [-0.2, 0) is 14.8 Å². The van der Waals surface area contributed by atoms with Gasteiger partial charge in [-0.2, -0.15) is 10.2 Å². The lowest BCUT2D eigenvalue weighted by Crippen LogP contribution is -2.51.